The molecule has 0 atom stereocenters. The van der Waals surface area contributed by atoms with Gasteiger partial charge in [-0.25, -0.2) is 4.98 Å². The number of ether oxygens (including phenoxy) is 1. The van der Waals surface area contributed by atoms with Crippen LogP contribution in [0.4, 0.5) is 5.69 Å². The fourth-order valence-corrected chi connectivity index (χ4v) is 2.26. The van der Waals surface area contributed by atoms with Crippen LogP contribution in [0, 0.1) is 0 Å². The predicted octanol–water partition coefficient (Wildman–Crippen LogP) is 4.76. The summed E-state index contributed by atoms with van der Waals surface area (Å²) in [5.41, 5.74) is 1.57. The molecule has 2 heterocycles. The number of nitrogens with zero attached hydrogens (tertiary/aromatic N) is 1. The number of anilines is 1. The lowest BCUT2D eigenvalue weighted by molar-refractivity contribution is 0.464. The Kier molecular flexibility index (Phi) is 2.98. The molecule has 1 aromatic carbocycles. The largest absolute Gasteiger partial charge is 0.436 e. The quantitative estimate of drug-likeness (QED) is 0.762. The van der Waals surface area contributed by atoms with Crippen LogP contribution < -0.4 is 10.1 Å². The third kappa shape index (κ3) is 1.99. The van der Waals surface area contributed by atoms with E-state index in [9.17, 15) is 0 Å². The molecule has 2 aromatic rings. The first-order valence-electron chi connectivity index (χ1n) is 5.19. The Labute approximate surface area is 119 Å². The van der Waals surface area contributed by atoms with Gasteiger partial charge >= 0.3 is 0 Å². The highest BCUT2D eigenvalue weighted by Crippen LogP contribution is 2.40. The number of fused-ring (bicyclic) bond motifs is 2. The monoisotopic (exact) mass is 300 g/mol. The Morgan fingerprint density at radius 2 is 1.89 bits per heavy atom. The summed E-state index contributed by atoms with van der Waals surface area (Å²) in [6.07, 6.45) is 1.60. The maximum absolute atomic E-state index is 6.11. The third-order valence-electron chi connectivity index (χ3n) is 2.64. The van der Waals surface area contributed by atoms with Gasteiger partial charge in [-0.15, -0.1) is 0 Å². The molecule has 0 unspecified atom stereocenters. The molecule has 18 heavy (non-hydrogen) atoms. The van der Waals surface area contributed by atoms with Gasteiger partial charge in [-0.1, -0.05) is 34.8 Å². The molecule has 1 N–H and O–H groups in total. The Morgan fingerprint density at radius 3 is 2.72 bits per heavy atom. The van der Waals surface area contributed by atoms with Crippen molar-refractivity contribution < 1.29 is 4.74 Å². The molecule has 0 radical (unpaired) electrons. The molecule has 92 valence electrons. The van der Waals surface area contributed by atoms with E-state index in [1.54, 1.807) is 24.4 Å². The van der Waals surface area contributed by atoms with E-state index in [1.807, 2.05) is 0 Å². The first-order chi connectivity index (χ1) is 8.65. The van der Waals surface area contributed by atoms with Crippen molar-refractivity contribution in [2.24, 2.45) is 0 Å². The van der Waals surface area contributed by atoms with E-state index < -0.39 is 0 Å². The van der Waals surface area contributed by atoms with Gasteiger partial charge in [-0.3, -0.25) is 0 Å². The molecule has 1 aromatic heterocycles. The lowest BCUT2D eigenvalue weighted by atomic mass is 10.2. The molecule has 0 bridgehead atoms. The number of benzene rings is 1. The molecular weight excluding hydrogens is 295 g/mol. The van der Waals surface area contributed by atoms with Crippen molar-refractivity contribution in [2.75, 3.05) is 5.32 Å². The second-order valence-corrected chi connectivity index (χ2v) is 5.02. The predicted molar refractivity (Wildman–Crippen MR) is 73.1 cm³/mol. The molecular formula is C12H7Cl3N2O. The lowest BCUT2D eigenvalue weighted by Gasteiger charge is -2.08. The van der Waals surface area contributed by atoms with E-state index in [0.717, 1.165) is 11.3 Å². The number of hydrogen-bond donors (Lipinski definition) is 1. The normalized spacial score (nSPS) is 12.8. The zero-order valence-corrected chi connectivity index (χ0v) is 11.3. The van der Waals surface area contributed by atoms with Crippen molar-refractivity contribution in [3.05, 3.63) is 45.0 Å². The summed E-state index contributed by atoms with van der Waals surface area (Å²) in [4.78, 5) is 4.17. The average molecular weight is 302 g/mol. The van der Waals surface area contributed by atoms with Crippen molar-refractivity contribution in [1.82, 2.24) is 4.98 Å². The molecule has 3 rings (SSSR count). The molecule has 0 saturated carbocycles. The number of nitrogens with one attached hydrogen (secondary N) is 1. The van der Waals surface area contributed by atoms with Crippen LogP contribution in [0.15, 0.2) is 24.4 Å². The summed E-state index contributed by atoms with van der Waals surface area (Å²) < 4.78 is 5.72. The minimum Gasteiger partial charge on any atom is -0.436 e. The second kappa shape index (κ2) is 4.50. The van der Waals surface area contributed by atoms with Gasteiger partial charge < -0.3 is 10.1 Å². The van der Waals surface area contributed by atoms with Gasteiger partial charge in [-0.05, 0) is 12.1 Å². The molecule has 1 aliphatic rings. The van der Waals surface area contributed by atoms with Crippen LogP contribution in [0.1, 0.15) is 5.56 Å². The van der Waals surface area contributed by atoms with Crippen LogP contribution in [0.3, 0.4) is 0 Å². The Morgan fingerprint density at radius 1 is 1.11 bits per heavy atom. The zero-order valence-electron chi connectivity index (χ0n) is 9.01. The van der Waals surface area contributed by atoms with E-state index in [4.69, 9.17) is 39.5 Å². The fourth-order valence-electron chi connectivity index (χ4n) is 1.74. The van der Waals surface area contributed by atoms with Gasteiger partial charge in [0.1, 0.15) is 0 Å². The number of pyridine rings is 1. The Balaban J connectivity index is 2.12. The molecule has 6 heteroatoms. The Hall–Kier alpha value is -1.16. The molecule has 0 aliphatic carbocycles. The van der Waals surface area contributed by atoms with Crippen LogP contribution >= 0.6 is 34.8 Å². The van der Waals surface area contributed by atoms with Gasteiger partial charge in [0.25, 0.3) is 0 Å². The maximum atomic E-state index is 6.11. The van der Waals surface area contributed by atoms with Crippen molar-refractivity contribution in [3.63, 3.8) is 0 Å². The number of rotatable bonds is 0. The summed E-state index contributed by atoms with van der Waals surface area (Å²) >= 11 is 18.1. The van der Waals surface area contributed by atoms with Crippen molar-refractivity contribution in [1.29, 1.82) is 0 Å². The minimum atomic E-state index is 0.433. The average Bonchev–Trinajstić information content (AvgIpc) is 2.50. The summed E-state index contributed by atoms with van der Waals surface area (Å²) in [6, 6.07) is 5.10. The molecule has 3 nitrogen and oxygen atoms in total. The maximum Gasteiger partial charge on any atom is 0.225 e. The van der Waals surface area contributed by atoms with Crippen LogP contribution in [0.25, 0.3) is 0 Å². The second-order valence-electron chi connectivity index (χ2n) is 3.79. The summed E-state index contributed by atoms with van der Waals surface area (Å²) in [6.45, 7) is 0.521. The first-order valence-corrected chi connectivity index (χ1v) is 6.32. The third-order valence-corrected chi connectivity index (χ3v) is 3.72. The van der Waals surface area contributed by atoms with E-state index in [0.29, 0.717) is 33.2 Å². The highest BCUT2D eigenvalue weighted by atomic mass is 35.5. The van der Waals surface area contributed by atoms with Crippen LogP contribution in [0.2, 0.25) is 15.1 Å². The van der Waals surface area contributed by atoms with Crippen LogP contribution in [0.5, 0.6) is 11.6 Å². The lowest BCUT2D eigenvalue weighted by Crippen LogP contribution is -1.98. The smallest absolute Gasteiger partial charge is 0.225 e. The van der Waals surface area contributed by atoms with E-state index in [2.05, 4.69) is 10.3 Å². The van der Waals surface area contributed by atoms with Crippen molar-refractivity contribution in [2.45, 2.75) is 6.54 Å². The molecule has 1 aliphatic heterocycles. The van der Waals surface area contributed by atoms with Crippen LogP contribution in [-0.2, 0) is 6.54 Å². The first kappa shape index (κ1) is 11.9. The standard InChI is InChI=1S/C12H7Cl3N2O/c13-7-1-2-16-12-6(7)5-17-10-3-8(14)9(15)4-11(10)18-12/h1-4,17H,5H2. The topological polar surface area (TPSA) is 34.1 Å². The summed E-state index contributed by atoms with van der Waals surface area (Å²) in [5.74, 6) is 1.06. The van der Waals surface area contributed by atoms with Gasteiger partial charge in [-0.2, -0.15) is 0 Å². The SMILES string of the molecule is Clc1cc2c(cc1Cl)Oc1nccc(Cl)c1CN2. The van der Waals surface area contributed by atoms with Gasteiger partial charge in [0.05, 0.1) is 26.3 Å². The van der Waals surface area contributed by atoms with E-state index in [-0.39, 0.29) is 0 Å². The number of hydrogen-bond acceptors (Lipinski definition) is 3. The zero-order chi connectivity index (χ0) is 12.7. The van der Waals surface area contributed by atoms with Gasteiger partial charge in [0, 0.05) is 18.8 Å². The van der Waals surface area contributed by atoms with Crippen LogP contribution in [-0.4, -0.2) is 4.98 Å². The fraction of sp³-hybridized carbons (Fsp3) is 0.0833. The molecule has 0 fully saturated rings. The highest BCUT2D eigenvalue weighted by molar-refractivity contribution is 6.42. The van der Waals surface area contributed by atoms with E-state index in [1.165, 1.54) is 0 Å². The summed E-state index contributed by atoms with van der Waals surface area (Å²) in [5, 5.41) is 4.71. The van der Waals surface area contributed by atoms with Crippen molar-refractivity contribution >= 4 is 40.5 Å². The number of halogens is 3. The molecule has 0 saturated heterocycles. The van der Waals surface area contributed by atoms with E-state index >= 15 is 0 Å². The number of aromatic nitrogens is 1. The molecule has 0 amide bonds. The van der Waals surface area contributed by atoms with Gasteiger partial charge in [0.2, 0.25) is 5.88 Å². The highest BCUT2D eigenvalue weighted by Gasteiger charge is 2.18. The van der Waals surface area contributed by atoms with Gasteiger partial charge in [0.15, 0.2) is 5.75 Å². The minimum absolute atomic E-state index is 0.433. The van der Waals surface area contributed by atoms with Crippen molar-refractivity contribution in [3.8, 4) is 11.6 Å². The Bertz CT molecular complexity index is 631. The summed E-state index contributed by atoms with van der Waals surface area (Å²) in [7, 11) is 0. The molecule has 0 spiro atoms.